The summed E-state index contributed by atoms with van der Waals surface area (Å²) < 4.78 is 9.98. The second-order valence-corrected chi connectivity index (χ2v) is 4.33. The first kappa shape index (κ1) is 16.4. The summed E-state index contributed by atoms with van der Waals surface area (Å²) in [5.41, 5.74) is 0. The smallest absolute Gasteiger partial charge is 0.322 e. The quantitative estimate of drug-likeness (QED) is 0.599. The maximum atomic E-state index is 11.6. The molecule has 17 heavy (non-hydrogen) atoms. The van der Waals surface area contributed by atoms with Crippen molar-refractivity contribution < 1.29 is 14.3 Å². The molecular weight excluding hydrogens is 218 g/mol. The SMILES string of the molecule is CCCCC(NC(CCC)COC)C(=O)OC. The second kappa shape index (κ2) is 10.5. The fraction of sp³-hybridized carbons (Fsp3) is 0.923. The second-order valence-electron chi connectivity index (χ2n) is 4.33. The van der Waals surface area contributed by atoms with Crippen molar-refractivity contribution in [1.82, 2.24) is 5.32 Å². The monoisotopic (exact) mass is 245 g/mol. The number of hydrogen-bond acceptors (Lipinski definition) is 4. The average molecular weight is 245 g/mol. The molecular formula is C13H27NO3. The molecule has 0 rings (SSSR count). The van der Waals surface area contributed by atoms with Crippen molar-refractivity contribution in [1.29, 1.82) is 0 Å². The van der Waals surface area contributed by atoms with Gasteiger partial charge in [-0.3, -0.25) is 10.1 Å². The molecule has 0 saturated heterocycles. The van der Waals surface area contributed by atoms with Gasteiger partial charge in [0, 0.05) is 13.2 Å². The molecule has 102 valence electrons. The van der Waals surface area contributed by atoms with E-state index < -0.39 is 0 Å². The molecule has 0 amide bonds. The zero-order valence-electron chi connectivity index (χ0n) is 11.6. The van der Waals surface area contributed by atoms with Gasteiger partial charge in [-0.1, -0.05) is 33.1 Å². The number of nitrogens with one attached hydrogen (secondary N) is 1. The molecule has 2 atom stereocenters. The molecule has 0 heterocycles. The van der Waals surface area contributed by atoms with E-state index in [2.05, 4.69) is 19.2 Å². The van der Waals surface area contributed by atoms with Gasteiger partial charge in [0.05, 0.1) is 13.7 Å². The highest BCUT2D eigenvalue weighted by Crippen LogP contribution is 2.06. The van der Waals surface area contributed by atoms with Crippen molar-refractivity contribution in [2.45, 2.75) is 58.0 Å². The third-order valence-electron chi connectivity index (χ3n) is 2.77. The molecule has 0 saturated carbocycles. The molecule has 1 N–H and O–H groups in total. The van der Waals surface area contributed by atoms with Crippen molar-refractivity contribution in [2.75, 3.05) is 20.8 Å². The highest BCUT2D eigenvalue weighted by atomic mass is 16.5. The fourth-order valence-electron chi connectivity index (χ4n) is 1.87. The van der Waals surface area contributed by atoms with Crippen LogP contribution < -0.4 is 5.32 Å². The standard InChI is InChI=1S/C13H27NO3/c1-5-7-9-12(13(15)17-4)14-11(8-6-2)10-16-3/h11-12,14H,5-10H2,1-4H3. The summed E-state index contributed by atoms with van der Waals surface area (Å²) in [6, 6.07) is 0.0256. The van der Waals surface area contributed by atoms with Gasteiger partial charge in [-0.15, -0.1) is 0 Å². The molecule has 4 nitrogen and oxygen atoms in total. The Morgan fingerprint density at radius 1 is 1.18 bits per heavy atom. The van der Waals surface area contributed by atoms with Crippen LogP contribution in [0.1, 0.15) is 46.0 Å². The molecule has 0 aliphatic carbocycles. The van der Waals surface area contributed by atoms with Crippen LogP contribution in [0.4, 0.5) is 0 Å². The van der Waals surface area contributed by atoms with E-state index in [-0.39, 0.29) is 18.1 Å². The van der Waals surface area contributed by atoms with E-state index in [4.69, 9.17) is 9.47 Å². The van der Waals surface area contributed by atoms with Crippen LogP contribution in [-0.2, 0) is 14.3 Å². The Balaban J connectivity index is 4.29. The van der Waals surface area contributed by atoms with Gasteiger partial charge >= 0.3 is 5.97 Å². The van der Waals surface area contributed by atoms with Crippen LogP contribution in [0.5, 0.6) is 0 Å². The lowest BCUT2D eigenvalue weighted by molar-refractivity contribution is -0.143. The highest BCUT2D eigenvalue weighted by molar-refractivity contribution is 5.75. The lowest BCUT2D eigenvalue weighted by Gasteiger charge is -2.23. The Morgan fingerprint density at radius 2 is 1.88 bits per heavy atom. The normalized spacial score (nSPS) is 14.4. The van der Waals surface area contributed by atoms with Crippen LogP contribution in [0, 0.1) is 0 Å². The van der Waals surface area contributed by atoms with Crippen LogP contribution in [0.2, 0.25) is 0 Å². The summed E-state index contributed by atoms with van der Waals surface area (Å²) in [5, 5.41) is 3.34. The van der Waals surface area contributed by atoms with Gasteiger partial charge in [-0.25, -0.2) is 0 Å². The van der Waals surface area contributed by atoms with Crippen molar-refractivity contribution in [3.63, 3.8) is 0 Å². The minimum absolute atomic E-state index is 0.171. The molecule has 4 heteroatoms. The molecule has 2 unspecified atom stereocenters. The number of hydrogen-bond donors (Lipinski definition) is 1. The molecule has 0 aliphatic heterocycles. The van der Waals surface area contributed by atoms with E-state index >= 15 is 0 Å². The molecule has 0 aromatic rings. The van der Waals surface area contributed by atoms with Crippen LogP contribution in [0.15, 0.2) is 0 Å². The summed E-state index contributed by atoms with van der Waals surface area (Å²) in [6.07, 6.45) is 5.01. The predicted molar refractivity (Wildman–Crippen MR) is 69.0 cm³/mol. The predicted octanol–water partition coefficient (Wildman–Crippen LogP) is 2.12. The van der Waals surface area contributed by atoms with Crippen LogP contribution in [0.3, 0.4) is 0 Å². The van der Waals surface area contributed by atoms with E-state index in [1.54, 1.807) is 7.11 Å². The molecule has 0 bridgehead atoms. The summed E-state index contributed by atoms with van der Waals surface area (Å²) in [6.45, 7) is 4.88. The summed E-state index contributed by atoms with van der Waals surface area (Å²) in [7, 11) is 3.12. The lowest BCUT2D eigenvalue weighted by Crippen LogP contribution is -2.45. The first-order chi connectivity index (χ1) is 8.19. The van der Waals surface area contributed by atoms with Gasteiger partial charge in [0.15, 0.2) is 0 Å². The van der Waals surface area contributed by atoms with Crippen LogP contribution in [0.25, 0.3) is 0 Å². The molecule has 0 aromatic heterocycles. The molecule has 0 radical (unpaired) electrons. The Hall–Kier alpha value is -0.610. The minimum atomic E-state index is -0.202. The van der Waals surface area contributed by atoms with Gasteiger partial charge in [0.25, 0.3) is 0 Å². The molecule has 0 aliphatic rings. The number of carbonyl (C=O) groups is 1. The van der Waals surface area contributed by atoms with Crippen molar-refractivity contribution >= 4 is 5.97 Å². The summed E-state index contributed by atoms with van der Waals surface area (Å²) >= 11 is 0. The molecule has 0 spiro atoms. The number of rotatable bonds is 10. The Bertz CT molecular complexity index is 191. The number of unbranched alkanes of at least 4 members (excludes halogenated alkanes) is 1. The van der Waals surface area contributed by atoms with Crippen molar-refractivity contribution in [2.24, 2.45) is 0 Å². The van der Waals surface area contributed by atoms with Gasteiger partial charge in [0.2, 0.25) is 0 Å². The fourth-order valence-corrected chi connectivity index (χ4v) is 1.87. The van der Waals surface area contributed by atoms with E-state index in [0.717, 1.165) is 32.1 Å². The van der Waals surface area contributed by atoms with Gasteiger partial charge in [-0.05, 0) is 12.8 Å². The largest absolute Gasteiger partial charge is 0.468 e. The van der Waals surface area contributed by atoms with E-state index in [0.29, 0.717) is 6.61 Å². The third-order valence-corrected chi connectivity index (χ3v) is 2.77. The summed E-state index contributed by atoms with van der Waals surface area (Å²) in [5.74, 6) is -0.171. The van der Waals surface area contributed by atoms with Crippen LogP contribution in [-0.4, -0.2) is 38.9 Å². The zero-order valence-corrected chi connectivity index (χ0v) is 11.6. The van der Waals surface area contributed by atoms with Crippen molar-refractivity contribution in [3.8, 4) is 0 Å². The topological polar surface area (TPSA) is 47.6 Å². The highest BCUT2D eigenvalue weighted by Gasteiger charge is 2.21. The lowest BCUT2D eigenvalue weighted by atomic mass is 10.1. The maximum absolute atomic E-state index is 11.6. The Labute approximate surface area is 105 Å². The number of carbonyl (C=O) groups excluding carboxylic acids is 1. The minimum Gasteiger partial charge on any atom is -0.468 e. The Kier molecular flexibility index (Phi) is 10.2. The summed E-state index contributed by atoms with van der Waals surface area (Å²) in [4.78, 5) is 11.6. The third kappa shape index (κ3) is 7.34. The maximum Gasteiger partial charge on any atom is 0.322 e. The number of esters is 1. The van der Waals surface area contributed by atoms with E-state index in [1.807, 2.05) is 0 Å². The van der Waals surface area contributed by atoms with E-state index in [1.165, 1.54) is 7.11 Å². The molecule has 0 aromatic carbocycles. The molecule has 0 fully saturated rings. The Morgan fingerprint density at radius 3 is 2.35 bits per heavy atom. The van der Waals surface area contributed by atoms with Crippen LogP contribution >= 0.6 is 0 Å². The van der Waals surface area contributed by atoms with Gasteiger partial charge < -0.3 is 9.47 Å². The average Bonchev–Trinajstić information content (AvgIpc) is 2.33. The van der Waals surface area contributed by atoms with Gasteiger partial charge in [0.1, 0.15) is 6.04 Å². The number of methoxy groups -OCH3 is 2. The van der Waals surface area contributed by atoms with Gasteiger partial charge in [-0.2, -0.15) is 0 Å². The van der Waals surface area contributed by atoms with Crippen molar-refractivity contribution in [3.05, 3.63) is 0 Å². The zero-order chi connectivity index (χ0) is 13.1. The number of ether oxygens (including phenoxy) is 2. The first-order valence-corrected chi connectivity index (χ1v) is 6.52. The first-order valence-electron chi connectivity index (χ1n) is 6.52. The van der Waals surface area contributed by atoms with E-state index in [9.17, 15) is 4.79 Å².